The van der Waals surface area contributed by atoms with E-state index in [2.05, 4.69) is 6.92 Å². The Bertz CT molecular complexity index is 565. The first-order chi connectivity index (χ1) is 10.5. The summed E-state index contributed by atoms with van der Waals surface area (Å²) in [6.07, 6.45) is 2.69. The number of ketones is 1. The molecule has 1 atom stereocenters. The van der Waals surface area contributed by atoms with Crippen LogP contribution in [0, 0.1) is 5.92 Å². The first-order valence-electron chi connectivity index (χ1n) is 8.08. The normalized spacial score (nSPS) is 17.4. The zero-order valence-corrected chi connectivity index (χ0v) is 13.9. The Hall–Kier alpha value is -1.84. The summed E-state index contributed by atoms with van der Waals surface area (Å²) >= 11 is 0. The highest BCUT2D eigenvalue weighted by Gasteiger charge is 2.36. The fourth-order valence-corrected chi connectivity index (χ4v) is 2.68. The first kappa shape index (κ1) is 16.5. The van der Waals surface area contributed by atoms with E-state index in [0.717, 1.165) is 24.9 Å². The fourth-order valence-electron chi connectivity index (χ4n) is 2.68. The number of fused-ring (bicyclic) bond motifs is 1. The van der Waals surface area contributed by atoms with Crippen molar-refractivity contribution in [1.82, 2.24) is 0 Å². The second-order valence-electron chi connectivity index (χ2n) is 6.22. The number of ether oxygens (including phenoxy) is 1. The lowest BCUT2D eigenvalue weighted by molar-refractivity contribution is -0.128. The van der Waals surface area contributed by atoms with Gasteiger partial charge >= 0.3 is 0 Å². The number of Topliss-reactive ketones (excluding diaryl/α,β-unsaturated/α-hetero) is 1. The molecule has 1 aliphatic heterocycles. The Kier molecular flexibility index (Phi) is 5.22. The minimum Gasteiger partial charge on any atom is -0.478 e. The van der Waals surface area contributed by atoms with Crippen molar-refractivity contribution < 1.29 is 14.3 Å². The van der Waals surface area contributed by atoms with E-state index in [4.69, 9.17) is 4.74 Å². The van der Waals surface area contributed by atoms with Crippen molar-refractivity contribution in [2.24, 2.45) is 5.92 Å². The van der Waals surface area contributed by atoms with Gasteiger partial charge in [0.2, 0.25) is 0 Å². The molecule has 0 N–H and O–H groups in total. The minimum absolute atomic E-state index is 0.000643. The minimum atomic E-state index is -0.447. The van der Waals surface area contributed by atoms with Crippen molar-refractivity contribution in [3.8, 4) is 5.75 Å². The molecule has 1 aliphatic rings. The molecule has 22 heavy (non-hydrogen) atoms. The summed E-state index contributed by atoms with van der Waals surface area (Å²) in [5, 5.41) is 0. The molecule has 1 aromatic carbocycles. The number of nitrogens with zero attached hydrogens (tertiary/aromatic N) is 1. The molecule has 0 aromatic heterocycles. The highest BCUT2D eigenvalue weighted by atomic mass is 16.5. The van der Waals surface area contributed by atoms with Crippen molar-refractivity contribution in [2.45, 2.75) is 53.1 Å². The molecule has 4 nitrogen and oxygen atoms in total. The number of rotatable bonds is 6. The smallest absolute Gasteiger partial charge is 0.268 e. The molecule has 4 heteroatoms. The van der Waals surface area contributed by atoms with Gasteiger partial charge in [-0.15, -0.1) is 0 Å². The quantitative estimate of drug-likeness (QED) is 0.592. The number of hydrogen-bond acceptors (Lipinski definition) is 3. The van der Waals surface area contributed by atoms with Gasteiger partial charge in [0.25, 0.3) is 5.91 Å². The van der Waals surface area contributed by atoms with Gasteiger partial charge in [-0.3, -0.25) is 9.59 Å². The molecule has 0 fully saturated rings. The highest BCUT2D eigenvalue weighted by Crippen LogP contribution is 2.36. The third-order valence-corrected chi connectivity index (χ3v) is 4.01. The van der Waals surface area contributed by atoms with Gasteiger partial charge in [0.1, 0.15) is 5.75 Å². The lowest BCUT2D eigenvalue weighted by atomic mass is 10.0. The molecule has 2 rings (SSSR count). The van der Waals surface area contributed by atoms with E-state index in [1.54, 1.807) is 23.1 Å². The maximum absolute atomic E-state index is 12.7. The number of benzene rings is 1. The van der Waals surface area contributed by atoms with Crippen LogP contribution in [0.2, 0.25) is 0 Å². The van der Waals surface area contributed by atoms with Crippen molar-refractivity contribution >= 4 is 17.4 Å². The second-order valence-corrected chi connectivity index (χ2v) is 6.22. The van der Waals surface area contributed by atoms with Gasteiger partial charge in [-0.05, 0) is 37.5 Å². The van der Waals surface area contributed by atoms with Crippen molar-refractivity contribution in [3.63, 3.8) is 0 Å². The van der Waals surface area contributed by atoms with Gasteiger partial charge in [0, 0.05) is 12.1 Å². The Labute approximate surface area is 132 Å². The summed E-state index contributed by atoms with van der Waals surface area (Å²) in [7, 11) is 0. The van der Waals surface area contributed by atoms with E-state index < -0.39 is 6.10 Å². The topological polar surface area (TPSA) is 46.6 Å². The summed E-state index contributed by atoms with van der Waals surface area (Å²) in [4.78, 5) is 26.1. The van der Waals surface area contributed by atoms with E-state index in [0.29, 0.717) is 17.9 Å². The van der Waals surface area contributed by atoms with Gasteiger partial charge in [0.15, 0.2) is 11.9 Å². The molecular weight excluding hydrogens is 278 g/mol. The number of carbonyl (C=O) groups is 2. The Morgan fingerprint density at radius 1 is 1.32 bits per heavy atom. The molecule has 1 amide bonds. The van der Waals surface area contributed by atoms with Crippen LogP contribution in [0.4, 0.5) is 5.69 Å². The molecule has 1 heterocycles. The fraction of sp³-hybridized carbons (Fsp3) is 0.556. The number of anilines is 1. The summed E-state index contributed by atoms with van der Waals surface area (Å²) in [5.41, 5.74) is 1.34. The predicted octanol–water partition coefficient (Wildman–Crippen LogP) is 3.83. The lowest BCUT2D eigenvalue weighted by Crippen LogP contribution is -2.48. The molecule has 0 saturated carbocycles. The number of amides is 1. The molecule has 0 spiro atoms. The zero-order chi connectivity index (χ0) is 16.3. The van der Waals surface area contributed by atoms with Crippen LogP contribution in [-0.4, -0.2) is 24.3 Å². The van der Waals surface area contributed by atoms with Crippen LogP contribution in [0.3, 0.4) is 0 Å². The third kappa shape index (κ3) is 3.32. The second kappa shape index (κ2) is 6.95. The predicted molar refractivity (Wildman–Crippen MR) is 87.6 cm³/mol. The number of carbonyl (C=O) groups excluding carboxylic acids is 2. The average molecular weight is 303 g/mol. The average Bonchev–Trinajstić information content (AvgIpc) is 2.48. The van der Waals surface area contributed by atoms with Gasteiger partial charge in [-0.1, -0.05) is 33.6 Å². The number of unbranched alkanes of at least 4 members (excludes halogenated alkanes) is 2. The van der Waals surface area contributed by atoms with Gasteiger partial charge in [-0.2, -0.15) is 0 Å². The largest absolute Gasteiger partial charge is 0.478 e. The van der Waals surface area contributed by atoms with Crippen LogP contribution < -0.4 is 9.64 Å². The van der Waals surface area contributed by atoms with Crippen LogP contribution in [0.15, 0.2) is 18.2 Å². The van der Waals surface area contributed by atoms with E-state index in [9.17, 15) is 9.59 Å². The highest BCUT2D eigenvalue weighted by molar-refractivity contribution is 6.02. The lowest BCUT2D eigenvalue weighted by Gasteiger charge is -2.36. The summed E-state index contributed by atoms with van der Waals surface area (Å²) in [6, 6.07) is 5.34. The van der Waals surface area contributed by atoms with Crippen LogP contribution >= 0.6 is 0 Å². The van der Waals surface area contributed by atoms with Gasteiger partial charge < -0.3 is 9.64 Å². The molecular formula is C18H25NO3. The summed E-state index contributed by atoms with van der Waals surface area (Å²) in [6.45, 7) is 8.32. The number of hydrogen-bond donors (Lipinski definition) is 0. The van der Waals surface area contributed by atoms with Crippen LogP contribution in [0.25, 0.3) is 0 Å². The van der Waals surface area contributed by atoms with E-state index in [-0.39, 0.29) is 17.6 Å². The van der Waals surface area contributed by atoms with Gasteiger partial charge in [0.05, 0.1) is 5.69 Å². The molecule has 1 aromatic rings. The first-order valence-corrected chi connectivity index (χ1v) is 8.08. The van der Waals surface area contributed by atoms with Gasteiger partial charge in [-0.25, -0.2) is 0 Å². The van der Waals surface area contributed by atoms with Crippen molar-refractivity contribution in [2.75, 3.05) is 11.4 Å². The van der Waals surface area contributed by atoms with E-state index in [1.807, 2.05) is 13.8 Å². The summed E-state index contributed by atoms with van der Waals surface area (Å²) < 4.78 is 5.87. The van der Waals surface area contributed by atoms with Crippen LogP contribution in [0.1, 0.15) is 57.3 Å². The van der Waals surface area contributed by atoms with E-state index >= 15 is 0 Å². The van der Waals surface area contributed by atoms with E-state index in [1.165, 1.54) is 6.92 Å². The Morgan fingerprint density at radius 3 is 2.64 bits per heavy atom. The molecule has 0 saturated heterocycles. The van der Waals surface area contributed by atoms with Crippen molar-refractivity contribution in [3.05, 3.63) is 23.8 Å². The molecule has 120 valence electrons. The Morgan fingerprint density at radius 2 is 2.05 bits per heavy atom. The monoisotopic (exact) mass is 303 g/mol. The molecule has 1 unspecified atom stereocenters. The molecule has 0 aliphatic carbocycles. The maximum atomic E-state index is 12.7. The SMILES string of the molecule is CCCCCN1C(=O)C(C(C)C)Oc2ccc(C(C)=O)cc21. The van der Waals surface area contributed by atoms with Crippen LogP contribution in [0.5, 0.6) is 5.75 Å². The molecule has 0 bridgehead atoms. The van der Waals surface area contributed by atoms with Crippen LogP contribution in [-0.2, 0) is 4.79 Å². The summed E-state index contributed by atoms with van der Waals surface area (Å²) in [5.74, 6) is 0.802. The van der Waals surface area contributed by atoms with Crippen molar-refractivity contribution in [1.29, 1.82) is 0 Å². The third-order valence-electron chi connectivity index (χ3n) is 4.01. The molecule has 0 radical (unpaired) electrons. The standard InChI is InChI=1S/C18H25NO3/c1-5-6-7-10-19-15-11-14(13(4)20)8-9-16(15)22-17(12(2)3)18(19)21/h8-9,11-12,17H,5-7,10H2,1-4H3. The Balaban J connectivity index is 2.38. The zero-order valence-electron chi connectivity index (χ0n) is 13.9. The maximum Gasteiger partial charge on any atom is 0.268 e.